The molecule has 0 saturated carbocycles. The van der Waals surface area contributed by atoms with Gasteiger partial charge in [0.15, 0.2) is 6.54 Å². The van der Waals surface area contributed by atoms with Crippen molar-refractivity contribution in [2.24, 2.45) is 0 Å². The van der Waals surface area contributed by atoms with Gasteiger partial charge in [0.25, 0.3) is 25.8 Å². The van der Waals surface area contributed by atoms with E-state index >= 15 is 0 Å². The molecule has 0 aliphatic carbocycles. The molecule has 5 rings (SSSR count). The molecule has 0 spiro atoms. The van der Waals surface area contributed by atoms with Gasteiger partial charge < -0.3 is 9.32 Å². The Morgan fingerprint density at radius 2 is 1.76 bits per heavy atom. The number of oxazole rings is 1. The molecule has 1 aliphatic rings. The number of allylic oxidation sites excluding steroid dienone is 2. The van der Waals surface area contributed by atoms with Crippen molar-refractivity contribution in [3.8, 4) is 0 Å². The Bertz CT molecular complexity index is 1930. The third-order valence-electron chi connectivity index (χ3n) is 6.90. The lowest BCUT2D eigenvalue weighted by atomic mass is 10.1. The number of thioether (sulfide) groups is 1. The Balaban J connectivity index is 1.56. The minimum Gasteiger partial charge on any atom is -0.398 e. The van der Waals surface area contributed by atoms with E-state index < -0.39 is 20.2 Å². The second-order valence-corrected chi connectivity index (χ2v) is 15.0. The van der Waals surface area contributed by atoms with E-state index in [0.29, 0.717) is 31.0 Å². The first kappa shape index (κ1) is 30.8. The predicted molar refractivity (Wildman–Crippen MR) is 170 cm³/mol. The second-order valence-electron chi connectivity index (χ2n) is 9.93. The van der Waals surface area contributed by atoms with Crippen LogP contribution in [0.25, 0.3) is 27.9 Å². The third-order valence-corrected chi connectivity index (χ3v) is 10.1. The molecule has 1 aromatic heterocycles. The number of hydrogen-bond donors (Lipinski definition) is 2. The number of hydrogen-bond acceptors (Lipinski definition) is 7. The predicted octanol–water partition coefficient (Wildman–Crippen LogP) is 6.44. The van der Waals surface area contributed by atoms with E-state index in [0.717, 1.165) is 41.9 Å². The van der Waals surface area contributed by atoms with E-state index in [1.807, 2.05) is 83.1 Å². The fourth-order valence-corrected chi connectivity index (χ4v) is 7.47. The summed E-state index contributed by atoms with van der Waals surface area (Å²) in [5.41, 5.74) is 3.39. The number of halogens is 1. The molecule has 1 aliphatic heterocycles. The van der Waals surface area contributed by atoms with Crippen molar-refractivity contribution in [2.45, 2.75) is 37.6 Å². The Kier molecular flexibility index (Phi) is 9.16. The first-order chi connectivity index (χ1) is 19.9. The summed E-state index contributed by atoms with van der Waals surface area (Å²) in [7, 11) is -8.20. The van der Waals surface area contributed by atoms with Crippen molar-refractivity contribution in [1.29, 1.82) is 0 Å². The molecule has 0 bridgehead atoms. The topological polar surface area (TPSA) is 129 Å². The highest BCUT2D eigenvalue weighted by atomic mass is 79.9. The molecule has 0 unspecified atom stereocenters. The van der Waals surface area contributed by atoms with Gasteiger partial charge in [-0.15, -0.1) is 0 Å². The monoisotopic (exact) mass is 693 g/mol. The van der Waals surface area contributed by atoms with Gasteiger partial charge in [0.2, 0.25) is 5.58 Å². The maximum atomic E-state index is 11.5. The van der Waals surface area contributed by atoms with Gasteiger partial charge in [0, 0.05) is 22.3 Å². The van der Waals surface area contributed by atoms with Gasteiger partial charge in [-0.1, -0.05) is 58.9 Å². The van der Waals surface area contributed by atoms with Crippen LogP contribution in [0.5, 0.6) is 0 Å². The minimum atomic E-state index is -4.12. The zero-order chi connectivity index (χ0) is 30.1. The standard InChI is InChI=1S/C29H29BrN2O7S3/c1-2-20(18-28-31(13-5-15-41(33,34)35)24-19-22(30)10-12-26(24)40-28)17-27-32(14-6-16-42(36,37)38)29-23-8-4-3-7-21(23)9-11-25(29)39-27/h3-4,7-12,17-19H,2,5-6,13-16H2,1H3,(H-,33,34,35,36,37,38)/p+1. The summed E-state index contributed by atoms with van der Waals surface area (Å²) in [4.78, 5) is 3.08. The minimum absolute atomic E-state index is 0.201. The number of aryl methyl sites for hydroxylation is 1. The molecule has 222 valence electrons. The second kappa shape index (κ2) is 12.5. The fraction of sp³-hybridized carbons (Fsp3) is 0.276. The molecule has 0 atom stereocenters. The summed E-state index contributed by atoms with van der Waals surface area (Å²) in [6.07, 6.45) is 5.08. The summed E-state index contributed by atoms with van der Waals surface area (Å²) in [6.45, 7) is 2.73. The quantitative estimate of drug-likeness (QED) is 0.135. The first-order valence-electron chi connectivity index (χ1n) is 13.3. The van der Waals surface area contributed by atoms with Gasteiger partial charge >= 0.3 is 5.89 Å². The van der Waals surface area contributed by atoms with Crippen molar-refractivity contribution in [2.75, 3.05) is 23.0 Å². The molecule has 3 aromatic carbocycles. The maximum Gasteiger partial charge on any atom is 0.374 e. The van der Waals surface area contributed by atoms with Crippen LogP contribution in [-0.4, -0.2) is 44.0 Å². The summed E-state index contributed by atoms with van der Waals surface area (Å²) >= 11 is 5.10. The largest absolute Gasteiger partial charge is 0.398 e. The molecule has 0 amide bonds. The highest BCUT2D eigenvalue weighted by Crippen LogP contribution is 2.47. The summed E-state index contributed by atoms with van der Waals surface area (Å²) in [5.74, 6) is -0.155. The Morgan fingerprint density at radius 3 is 2.50 bits per heavy atom. The van der Waals surface area contributed by atoms with Crippen LogP contribution >= 0.6 is 27.7 Å². The van der Waals surface area contributed by atoms with Crippen LogP contribution < -0.4 is 9.47 Å². The highest BCUT2D eigenvalue weighted by molar-refractivity contribution is 9.10. The molecule has 4 aromatic rings. The van der Waals surface area contributed by atoms with E-state index in [4.69, 9.17) is 4.42 Å². The molecule has 2 heterocycles. The van der Waals surface area contributed by atoms with Gasteiger partial charge in [0.05, 0.1) is 33.7 Å². The SMILES string of the molecule is CCC(/C=C1\Sc2ccc(Br)cc2N1CCCS(=O)(=O)O)=C\c1oc2ccc3ccccc3c2[n+]1CCCS(=O)(=O)O. The molecular weight excluding hydrogens is 664 g/mol. The van der Waals surface area contributed by atoms with E-state index in [-0.39, 0.29) is 24.3 Å². The molecule has 0 radical (unpaired) electrons. The van der Waals surface area contributed by atoms with Crippen molar-refractivity contribution in [3.05, 3.63) is 81.6 Å². The summed E-state index contributed by atoms with van der Waals surface area (Å²) in [6, 6.07) is 17.7. The van der Waals surface area contributed by atoms with Crippen LogP contribution in [0, 0.1) is 0 Å². The zero-order valence-corrected chi connectivity index (χ0v) is 26.8. The van der Waals surface area contributed by atoms with Crippen molar-refractivity contribution < 1.29 is 34.9 Å². The third kappa shape index (κ3) is 7.26. The van der Waals surface area contributed by atoms with Crippen LogP contribution in [0.2, 0.25) is 0 Å². The Labute approximate surface area is 257 Å². The molecular formula is C29H30BrN2O7S3+. The first-order valence-corrected chi connectivity index (χ1v) is 18.2. The van der Waals surface area contributed by atoms with Crippen molar-refractivity contribution >= 4 is 81.6 Å². The summed E-state index contributed by atoms with van der Waals surface area (Å²) in [5, 5.41) is 2.90. The Hall–Kier alpha value is -2.68. The number of fused-ring (bicyclic) bond motifs is 4. The van der Waals surface area contributed by atoms with E-state index in [1.165, 1.54) is 0 Å². The van der Waals surface area contributed by atoms with Crippen LogP contribution in [0.3, 0.4) is 0 Å². The fourth-order valence-electron chi connectivity index (χ4n) is 4.99. The molecule has 9 nitrogen and oxygen atoms in total. The molecule has 0 saturated heterocycles. The Morgan fingerprint density at radius 1 is 1.02 bits per heavy atom. The van der Waals surface area contributed by atoms with E-state index in [9.17, 15) is 25.9 Å². The number of nitrogens with zero attached hydrogens (tertiary/aromatic N) is 2. The average Bonchev–Trinajstić information content (AvgIpc) is 3.44. The average molecular weight is 695 g/mol. The number of aromatic nitrogens is 1. The lowest BCUT2D eigenvalue weighted by Gasteiger charge is -2.20. The van der Waals surface area contributed by atoms with Crippen LogP contribution in [0.4, 0.5) is 5.69 Å². The number of anilines is 1. The van der Waals surface area contributed by atoms with E-state index in [1.54, 1.807) is 11.8 Å². The van der Waals surface area contributed by atoms with Gasteiger partial charge in [-0.3, -0.25) is 9.11 Å². The smallest absolute Gasteiger partial charge is 0.374 e. The van der Waals surface area contributed by atoms with Crippen LogP contribution in [0.1, 0.15) is 32.1 Å². The van der Waals surface area contributed by atoms with Crippen LogP contribution in [-0.2, 0) is 26.8 Å². The lowest BCUT2D eigenvalue weighted by Crippen LogP contribution is -2.36. The molecule has 2 N–H and O–H groups in total. The zero-order valence-electron chi connectivity index (χ0n) is 22.7. The van der Waals surface area contributed by atoms with Crippen LogP contribution in [0.15, 0.2) is 85.1 Å². The maximum absolute atomic E-state index is 11.5. The number of benzene rings is 3. The lowest BCUT2D eigenvalue weighted by molar-refractivity contribution is -0.677. The molecule has 42 heavy (non-hydrogen) atoms. The van der Waals surface area contributed by atoms with Crippen molar-refractivity contribution in [1.82, 2.24) is 0 Å². The van der Waals surface area contributed by atoms with Crippen molar-refractivity contribution in [3.63, 3.8) is 0 Å². The van der Waals surface area contributed by atoms with Gasteiger partial charge in [0.1, 0.15) is 0 Å². The molecule has 0 fully saturated rings. The number of rotatable bonds is 11. The van der Waals surface area contributed by atoms with Gasteiger partial charge in [-0.2, -0.15) is 21.4 Å². The normalized spacial score (nSPS) is 15.3. The molecule has 13 heteroatoms. The van der Waals surface area contributed by atoms with Gasteiger partial charge in [-0.25, -0.2) is 0 Å². The summed E-state index contributed by atoms with van der Waals surface area (Å²) < 4.78 is 73.4. The van der Waals surface area contributed by atoms with Gasteiger partial charge in [-0.05, 0) is 60.2 Å². The highest BCUT2D eigenvalue weighted by Gasteiger charge is 2.27. The van der Waals surface area contributed by atoms with E-state index in [2.05, 4.69) is 15.9 Å².